The number of aliphatic hydroxyl groups excluding tert-OH is 1. The van der Waals surface area contributed by atoms with Crippen molar-refractivity contribution in [2.45, 2.75) is 75.9 Å². The summed E-state index contributed by atoms with van der Waals surface area (Å²) in [4.78, 5) is 0. The predicted octanol–water partition coefficient (Wildman–Crippen LogP) is 3.18. The molecule has 0 aromatic carbocycles. The van der Waals surface area contributed by atoms with Crippen molar-refractivity contribution in [1.29, 1.82) is 0 Å². The van der Waals surface area contributed by atoms with E-state index in [2.05, 4.69) is 0 Å². The molecule has 3 saturated carbocycles. The van der Waals surface area contributed by atoms with Crippen molar-refractivity contribution in [2.24, 2.45) is 17.8 Å². The molecular weight excluding hydrogens is 236 g/mol. The number of fused-ring (bicyclic) bond motifs is 4. The Labute approximate surface area is 115 Å². The molecule has 4 aliphatic rings. The van der Waals surface area contributed by atoms with Crippen molar-refractivity contribution in [3.8, 4) is 0 Å². The zero-order valence-corrected chi connectivity index (χ0v) is 11.8. The van der Waals surface area contributed by atoms with Crippen molar-refractivity contribution < 1.29 is 10.2 Å². The molecule has 0 aromatic heterocycles. The summed E-state index contributed by atoms with van der Waals surface area (Å²) in [5, 5.41) is 21.5. The Bertz CT molecular complexity index is 413. The summed E-state index contributed by atoms with van der Waals surface area (Å²) in [5.74, 6) is 2.33. The van der Waals surface area contributed by atoms with Crippen LogP contribution in [0.2, 0.25) is 0 Å². The van der Waals surface area contributed by atoms with E-state index < -0.39 is 11.7 Å². The number of hydrogen-bond donors (Lipinski definition) is 2. The normalized spacial score (nSPS) is 49.6. The molecule has 4 aliphatic carbocycles. The van der Waals surface area contributed by atoms with Crippen LogP contribution in [0, 0.1) is 17.8 Å². The molecule has 19 heavy (non-hydrogen) atoms. The van der Waals surface area contributed by atoms with Gasteiger partial charge in [-0.25, -0.2) is 0 Å². The Morgan fingerprint density at radius 3 is 2.79 bits per heavy atom. The molecule has 5 atom stereocenters. The minimum Gasteiger partial charge on any atom is -0.390 e. The first kappa shape index (κ1) is 12.4. The Kier molecular flexibility index (Phi) is 2.82. The van der Waals surface area contributed by atoms with Gasteiger partial charge in [-0.05, 0) is 74.7 Å². The highest BCUT2D eigenvalue weighted by Gasteiger charge is 2.51. The summed E-state index contributed by atoms with van der Waals surface area (Å²) in [6.45, 7) is 0. The Morgan fingerprint density at radius 1 is 1.00 bits per heavy atom. The quantitative estimate of drug-likeness (QED) is 0.658. The molecule has 2 heteroatoms. The maximum atomic E-state index is 10.9. The number of rotatable bonds is 0. The minimum atomic E-state index is -0.852. The van der Waals surface area contributed by atoms with Gasteiger partial charge in [0.15, 0.2) is 0 Å². The third kappa shape index (κ3) is 1.69. The first-order valence-electron chi connectivity index (χ1n) is 8.33. The molecule has 0 aliphatic heterocycles. The lowest BCUT2D eigenvalue weighted by atomic mass is 9.58. The molecule has 0 saturated heterocycles. The van der Waals surface area contributed by atoms with Gasteiger partial charge in [-0.15, -0.1) is 0 Å². The van der Waals surface area contributed by atoms with E-state index in [1.165, 1.54) is 44.1 Å². The van der Waals surface area contributed by atoms with Crippen LogP contribution in [0.3, 0.4) is 0 Å². The highest BCUT2D eigenvalue weighted by molar-refractivity contribution is 5.35. The molecule has 0 spiro atoms. The number of allylic oxidation sites excluding steroid dienone is 1. The van der Waals surface area contributed by atoms with E-state index in [4.69, 9.17) is 0 Å². The van der Waals surface area contributed by atoms with Crippen molar-refractivity contribution in [3.05, 3.63) is 11.1 Å². The van der Waals surface area contributed by atoms with E-state index >= 15 is 0 Å². The van der Waals surface area contributed by atoms with Crippen LogP contribution in [0.15, 0.2) is 11.1 Å². The van der Waals surface area contributed by atoms with Crippen LogP contribution in [0.5, 0.6) is 0 Å². The van der Waals surface area contributed by atoms with E-state index in [1.54, 1.807) is 5.57 Å². The molecule has 2 nitrogen and oxygen atoms in total. The van der Waals surface area contributed by atoms with Gasteiger partial charge in [0.05, 0.1) is 6.10 Å². The zero-order valence-electron chi connectivity index (χ0n) is 11.8. The third-order valence-corrected chi connectivity index (χ3v) is 6.64. The Hall–Kier alpha value is -0.340. The minimum absolute atomic E-state index is 0.504. The van der Waals surface area contributed by atoms with Crippen molar-refractivity contribution >= 4 is 0 Å². The van der Waals surface area contributed by atoms with Crippen molar-refractivity contribution in [3.63, 3.8) is 0 Å². The molecule has 0 radical (unpaired) electrons. The molecule has 3 fully saturated rings. The van der Waals surface area contributed by atoms with Crippen LogP contribution in [-0.2, 0) is 0 Å². The van der Waals surface area contributed by atoms with Gasteiger partial charge in [0, 0.05) is 0 Å². The lowest BCUT2D eigenvalue weighted by Gasteiger charge is -2.50. The topological polar surface area (TPSA) is 40.5 Å². The summed E-state index contributed by atoms with van der Waals surface area (Å²) in [6, 6.07) is 0. The van der Waals surface area contributed by atoms with Crippen molar-refractivity contribution in [2.75, 3.05) is 0 Å². The van der Waals surface area contributed by atoms with Crippen LogP contribution in [0.1, 0.15) is 64.2 Å². The van der Waals surface area contributed by atoms with Gasteiger partial charge >= 0.3 is 0 Å². The predicted molar refractivity (Wildman–Crippen MR) is 74.6 cm³/mol. The van der Waals surface area contributed by atoms with Gasteiger partial charge < -0.3 is 10.2 Å². The second-order valence-corrected chi connectivity index (χ2v) is 7.39. The Morgan fingerprint density at radius 2 is 1.89 bits per heavy atom. The first-order chi connectivity index (χ1) is 9.20. The fourth-order valence-corrected chi connectivity index (χ4v) is 5.74. The average molecular weight is 262 g/mol. The lowest BCUT2D eigenvalue weighted by molar-refractivity contribution is -0.0873. The van der Waals surface area contributed by atoms with Gasteiger partial charge in [-0.2, -0.15) is 0 Å². The molecule has 0 amide bonds. The van der Waals surface area contributed by atoms with E-state index in [9.17, 15) is 10.2 Å². The molecule has 2 N–H and O–H groups in total. The van der Waals surface area contributed by atoms with Gasteiger partial charge in [0.1, 0.15) is 5.60 Å². The maximum absolute atomic E-state index is 10.9. The molecule has 0 bridgehead atoms. The highest BCUT2D eigenvalue weighted by Crippen LogP contribution is 2.56. The fraction of sp³-hybridized carbons (Fsp3) is 0.882. The smallest absolute Gasteiger partial charge is 0.112 e. The standard InChI is InChI=1S/C17H26O2/c18-16-10-14-12-5-3-4-11(12)7-8-13(14)15-6-1-2-9-17(15,16)19/h11-12,14,16,18-19H,1-10H2. The van der Waals surface area contributed by atoms with Crippen LogP contribution in [0.4, 0.5) is 0 Å². The van der Waals surface area contributed by atoms with E-state index in [0.29, 0.717) is 5.92 Å². The monoisotopic (exact) mass is 262 g/mol. The third-order valence-electron chi connectivity index (χ3n) is 6.64. The first-order valence-corrected chi connectivity index (χ1v) is 8.33. The van der Waals surface area contributed by atoms with Gasteiger partial charge in [-0.3, -0.25) is 0 Å². The SMILES string of the molecule is OC1CC2C(=C3CCCCC31O)CCC1CCCC12. The van der Waals surface area contributed by atoms with Crippen LogP contribution >= 0.6 is 0 Å². The second-order valence-electron chi connectivity index (χ2n) is 7.39. The van der Waals surface area contributed by atoms with Crippen LogP contribution in [0.25, 0.3) is 0 Å². The lowest BCUT2D eigenvalue weighted by Crippen LogP contribution is -2.52. The van der Waals surface area contributed by atoms with Crippen molar-refractivity contribution in [1.82, 2.24) is 0 Å². The van der Waals surface area contributed by atoms with E-state index in [0.717, 1.165) is 37.5 Å². The molecule has 4 rings (SSSR count). The molecule has 0 aromatic rings. The van der Waals surface area contributed by atoms with Crippen LogP contribution < -0.4 is 0 Å². The zero-order chi connectivity index (χ0) is 13.0. The molecule has 0 heterocycles. The van der Waals surface area contributed by atoms with Gasteiger partial charge in [-0.1, -0.05) is 18.4 Å². The average Bonchev–Trinajstić information content (AvgIpc) is 2.88. The molecular formula is C17H26O2. The summed E-state index contributed by atoms with van der Waals surface area (Å²) in [5.41, 5.74) is 2.00. The maximum Gasteiger partial charge on any atom is 0.112 e. The molecule has 106 valence electrons. The van der Waals surface area contributed by atoms with Crippen LogP contribution in [-0.4, -0.2) is 21.9 Å². The molecule has 5 unspecified atom stereocenters. The summed E-state index contributed by atoms with van der Waals surface area (Å²) >= 11 is 0. The van der Waals surface area contributed by atoms with E-state index in [-0.39, 0.29) is 0 Å². The van der Waals surface area contributed by atoms with Gasteiger partial charge in [0.25, 0.3) is 0 Å². The fourth-order valence-electron chi connectivity index (χ4n) is 5.74. The Balaban J connectivity index is 1.76. The largest absolute Gasteiger partial charge is 0.390 e. The summed E-state index contributed by atoms with van der Waals surface area (Å²) in [6.07, 6.45) is 11.1. The highest BCUT2D eigenvalue weighted by atomic mass is 16.3. The van der Waals surface area contributed by atoms with Gasteiger partial charge in [0.2, 0.25) is 0 Å². The summed E-state index contributed by atoms with van der Waals surface area (Å²) < 4.78 is 0. The number of hydrogen-bond acceptors (Lipinski definition) is 2. The second kappa shape index (κ2) is 4.33. The number of aliphatic hydroxyl groups is 2. The van der Waals surface area contributed by atoms with E-state index in [1.807, 2.05) is 0 Å². The summed E-state index contributed by atoms with van der Waals surface area (Å²) in [7, 11) is 0.